The number of nitrogens with one attached hydrogen (secondary N) is 1. The van der Waals surface area contributed by atoms with Gasteiger partial charge in [-0.05, 0) is 46.7 Å². The van der Waals surface area contributed by atoms with Gasteiger partial charge in [0.05, 0.1) is 0 Å². The van der Waals surface area contributed by atoms with Crippen molar-refractivity contribution in [3.8, 4) is 0 Å². The Bertz CT molecular complexity index is 371. The minimum absolute atomic E-state index is 0.109. The van der Waals surface area contributed by atoms with E-state index >= 15 is 0 Å². The number of hydrogen-bond donors (Lipinski definition) is 2. The second kappa shape index (κ2) is 6.43. The first-order valence-electron chi connectivity index (χ1n) is 7.20. The molecule has 2 unspecified atom stereocenters. The number of piperidine rings is 1. The molecule has 0 aromatic carbocycles. The van der Waals surface area contributed by atoms with Crippen LogP contribution >= 0.6 is 0 Å². The summed E-state index contributed by atoms with van der Waals surface area (Å²) in [5, 5.41) is 12.3. The van der Waals surface area contributed by atoms with Crippen LogP contribution in [-0.2, 0) is 4.79 Å². The summed E-state index contributed by atoms with van der Waals surface area (Å²) in [5.74, 6) is -0.629. The van der Waals surface area contributed by atoms with Gasteiger partial charge in [-0.2, -0.15) is 0 Å². The van der Waals surface area contributed by atoms with Crippen molar-refractivity contribution in [3.63, 3.8) is 0 Å². The van der Waals surface area contributed by atoms with Crippen molar-refractivity contribution in [1.29, 1.82) is 0 Å². The van der Waals surface area contributed by atoms with Crippen molar-refractivity contribution >= 4 is 12.0 Å². The quantitative estimate of drug-likeness (QED) is 0.814. The third-order valence-corrected chi connectivity index (χ3v) is 4.18. The van der Waals surface area contributed by atoms with Crippen molar-refractivity contribution in [2.24, 2.45) is 5.92 Å². The van der Waals surface area contributed by atoms with E-state index in [1.165, 1.54) is 4.90 Å². The fourth-order valence-electron chi connectivity index (χ4n) is 2.71. The highest BCUT2D eigenvalue weighted by atomic mass is 16.4. The highest BCUT2D eigenvalue weighted by molar-refractivity contribution is 5.85. The number of hydrogen-bond acceptors (Lipinski definition) is 3. The number of carboxylic acid groups (broad SMARTS) is 1. The van der Waals surface area contributed by atoms with Crippen molar-refractivity contribution in [2.75, 3.05) is 26.7 Å². The molecule has 6 nitrogen and oxygen atoms in total. The zero-order valence-electron chi connectivity index (χ0n) is 13.1. The van der Waals surface area contributed by atoms with E-state index in [-0.39, 0.29) is 12.1 Å². The molecule has 1 heterocycles. The number of carbonyl (C=O) groups excluding carboxylic acids is 1. The topological polar surface area (TPSA) is 72.9 Å². The van der Waals surface area contributed by atoms with E-state index in [1.54, 1.807) is 20.8 Å². The van der Waals surface area contributed by atoms with E-state index in [9.17, 15) is 14.7 Å². The lowest BCUT2D eigenvalue weighted by molar-refractivity contribution is -0.147. The summed E-state index contributed by atoms with van der Waals surface area (Å²) in [6.07, 6.45) is 0.897. The summed E-state index contributed by atoms with van der Waals surface area (Å²) in [6, 6.07) is -0.182. The molecule has 1 aliphatic rings. The highest BCUT2D eigenvalue weighted by Gasteiger charge is 2.38. The molecule has 116 valence electrons. The number of likely N-dealkylation sites (N-methyl/N-ethyl adjacent to an activating group) is 1. The van der Waals surface area contributed by atoms with Gasteiger partial charge in [0.25, 0.3) is 0 Å². The van der Waals surface area contributed by atoms with Crippen LogP contribution in [0.4, 0.5) is 4.79 Å². The number of urea groups is 1. The minimum atomic E-state index is -1.20. The number of carboxylic acids is 1. The van der Waals surface area contributed by atoms with Crippen molar-refractivity contribution in [3.05, 3.63) is 0 Å². The van der Waals surface area contributed by atoms with Crippen LogP contribution in [0.2, 0.25) is 0 Å². The molecule has 2 N–H and O–H groups in total. The molecule has 1 aliphatic heterocycles. The first-order valence-corrected chi connectivity index (χ1v) is 7.20. The van der Waals surface area contributed by atoms with E-state index in [2.05, 4.69) is 24.2 Å². The molecule has 0 aromatic heterocycles. The fraction of sp³-hybridized carbons (Fsp3) is 0.857. The molecular weight excluding hydrogens is 258 g/mol. The zero-order valence-corrected chi connectivity index (χ0v) is 13.1. The molecule has 0 saturated carbocycles. The number of rotatable bonds is 4. The van der Waals surface area contributed by atoms with E-state index in [4.69, 9.17) is 0 Å². The van der Waals surface area contributed by atoms with Crippen LogP contribution in [0.15, 0.2) is 0 Å². The van der Waals surface area contributed by atoms with Gasteiger partial charge in [0, 0.05) is 19.1 Å². The molecule has 6 heteroatoms. The lowest BCUT2D eigenvalue weighted by Gasteiger charge is -2.39. The standard InChI is InChI=1S/C14H27N3O3/c1-6-17(14(3,4)12(18)19)13(20)15-11-7-8-16(5)9-10(11)2/h10-11H,6-9H2,1-5H3,(H,15,20)(H,18,19). The van der Waals surface area contributed by atoms with Crippen LogP contribution in [0.25, 0.3) is 0 Å². The second-order valence-corrected chi connectivity index (χ2v) is 6.19. The monoisotopic (exact) mass is 285 g/mol. The van der Waals surface area contributed by atoms with Crippen molar-refractivity contribution in [1.82, 2.24) is 15.1 Å². The van der Waals surface area contributed by atoms with Crippen molar-refractivity contribution < 1.29 is 14.7 Å². The molecular formula is C14H27N3O3. The summed E-state index contributed by atoms with van der Waals surface area (Å²) >= 11 is 0. The van der Waals surface area contributed by atoms with E-state index in [0.717, 1.165) is 19.5 Å². The Morgan fingerprint density at radius 2 is 2.05 bits per heavy atom. The van der Waals surface area contributed by atoms with Gasteiger partial charge in [-0.1, -0.05) is 6.92 Å². The number of amides is 2. The molecule has 2 amide bonds. The Morgan fingerprint density at radius 1 is 1.45 bits per heavy atom. The maximum absolute atomic E-state index is 12.4. The second-order valence-electron chi connectivity index (χ2n) is 6.19. The third kappa shape index (κ3) is 3.62. The first-order chi connectivity index (χ1) is 9.20. The van der Waals surface area contributed by atoms with Gasteiger partial charge in [-0.25, -0.2) is 9.59 Å². The van der Waals surface area contributed by atoms with E-state index in [1.807, 2.05) is 0 Å². The molecule has 0 bridgehead atoms. The smallest absolute Gasteiger partial charge is 0.329 e. The molecule has 1 rings (SSSR count). The predicted octanol–water partition coefficient (Wildman–Crippen LogP) is 1.22. The third-order valence-electron chi connectivity index (χ3n) is 4.18. The van der Waals surface area contributed by atoms with Crippen LogP contribution in [0.3, 0.4) is 0 Å². The summed E-state index contributed by atoms with van der Waals surface area (Å²) in [6.45, 7) is 9.27. The molecule has 20 heavy (non-hydrogen) atoms. The number of likely N-dealkylation sites (tertiary alicyclic amines) is 1. The summed E-state index contributed by atoms with van der Waals surface area (Å²) in [5.41, 5.74) is -1.20. The van der Waals surface area contributed by atoms with E-state index in [0.29, 0.717) is 12.5 Å². The van der Waals surface area contributed by atoms with Gasteiger partial charge in [-0.15, -0.1) is 0 Å². The largest absolute Gasteiger partial charge is 0.480 e. The Morgan fingerprint density at radius 3 is 2.50 bits per heavy atom. The Labute approximate surface area is 121 Å². The molecule has 0 aliphatic carbocycles. The average Bonchev–Trinajstić information content (AvgIpc) is 2.33. The molecule has 2 atom stereocenters. The highest BCUT2D eigenvalue weighted by Crippen LogP contribution is 2.18. The zero-order chi connectivity index (χ0) is 15.5. The van der Waals surface area contributed by atoms with Gasteiger partial charge in [0.2, 0.25) is 0 Å². The number of aliphatic carboxylic acids is 1. The molecule has 0 spiro atoms. The van der Waals surface area contributed by atoms with E-state index < -0.39 is 11.5 Å². The van der Waals surface area contributed by atoms with Gasteiger partial charge in [-0.3, -0.25) is 0 Å². The lowest BCUT2D eigenvalue weighted by atomic mass is 9.94. The maximum atomic E-state index is 12.4. The van der Waals surface area contributed by atoms with Gasteiger partial charge < -0.3 is 20.2 Å². The molecule has 0 radical (unpaired) electrons. The SMILES string of the molecule is CCN(C(=O)NC1CCN(C)CC1C)C(C)(C)C(=O)O. The molecule has 0 aromatic rings. The van der Waals surface area contributed by atoms with Crippen LogP contribution in [0.1, 0.15) is 34.1 Å². The minimum Gasteiger partial charge on any atom is -0.480 e. The number of nitrogens with zero attached hydrogens (tertiary/aromatic N) is 2. The van der Waals surface area contributed by atoms with Crippen LogP contribution in [-0.4, -0.2) is 65.2 Å². The summed E-state index contributed by atoms with van der Waals surface area (Å²) < 4.78 is 0. The van der Waals surface area contributed by atoms with Gasteiger partial charge in [0.1, 0.15) is 5.54 Å². The van der Waals surface area contributed by atoms with Gasteiger partial charge >= 0.3 is 12.0 Å². The predicted molar refractivity (Wildman–Crippen MR) is 77.7 cm³/mol. The lowest BCUT2D eigenvalue weighted by Crippen LogP contribution is -2.59. The van der Waals surface area contributed by atoms with Crippen LogP contribution in [0, 0.1) is 5.92 Å². The maximum Gasteiger partial charge on any atom is 0.329 e. The first kappa shape index (κ1) is 16.8. The fourth-order valence-corrected chi connectivity index (χ4v) is 2.71. The Kier molecular flexibility index (Phi) is 5.39. The van der Waals surface area contributed by atoms with Gasteiger partial charge in [0.15, 0.2) is 0 Å². The Balaban J connectivity index is 2.71. The number of carbonyl (C=O) groups is 2. The summed E-state index contributed by atoms with van der Waals surface area (Å²) in [4.78, 5) is 27.3. The van der Waals surface area contributed by atoms with Crippen molar-refractivity contribution in [2.45, 2.75) is 45.7 Å². The molecule has 1 fully saturated rings. The normalized spacial score (nSPS) is 24.2. The molecule has 1 saturated heterocycles. The average molecular weight is 285 g/mol. The summed E-state index contributed by atoms with van der Waals surface area (Å²) in [7, 11) is 2.07. The van der Waals surface area contributed by atoms with Crippen LogP contribution < -0.4 is 5.32 Å². The Hall–Kier alpha value is -1.30. The van der Waals surface area contributed by atoms with Crippen LogP contribution in [0.5, 0.6) is 0 Å².